The number of carbonyl (C=O) groups is 2. The Balaban J connectivity index is 2.47. The molecule has 1 aliphatic carbocycles. The number of hydrogen-bond acceptors (Lipinski definition) is 5. The topological polar surface area (TPSA) is 72.8 Å². The van der Waals surface area contributed by atoms with Crippen LogP contribution in [0.15, 0.2) is 36.0 Å². The molecule has 1 saturated carbocycles. The van der Waals surface area contributed by atoms with E-state index in [9.17, 15) is 14.7 Å². The minimum Gasteiger partial charge on any atom is -0.466 e. The summed E-state index contributed by atoms with van der Waals surface area (Å²) in [5, 5.41) is 10.6. The van der Waals surface area contributed by atoms with E-state index in [1.165, 1.54) is 7.11 Å². The molecule has 1 fully saturated rings. The summed E-state index contributed by atoms with van der Waals surface area (Å²) in [4.78, 5) is 23.5. The highest BCUT2D eigenvalue weighted by molar-refractivity contribution is 5.93. The molecular formula is C16H20O5. The molecule has 3 atom stereocenters. The van der Waals surface area contributed by atoms with Crippen LogP contribution in [0.1, 0.15) is 26.7 Å². The Kier molecular flexibility index (Phi) is 3.58. The van der Waals surface area contributed by atoms with Crippen LogP contribution in [0.25, 0.3) is 0 Å². The van der Waals surface area contributed by atoms with Crippen LogP contribution in [0.4, 0.5) is 0 Å². The van der Waals surface area contributed by atoms with Crippen molar-refractivity contribution in [3.63, 3.8) is 0 Å². The van der Waals surface area contributed by atoms with Crippen molar-refractivity contribution < 1.29 is 24.2 Å². The van der Waals surface area contributed by atoms with E-state index in [1.54, 1.807) is 13.0 Å². The molecular weight excluding hydrogens is 272 g/mol. The van der Waals surface area contributed by atoms with E-state index in [2.05, 4.69) is 13.2 Å². The summed E-state index contributed by atoms with van der Waals surface area (Å²) in [6, 6.07) is 0. The van der Waals surface area contributed by atoms with Gasteiger partial charge in [-0.15, -0.1) is 6.58 Å². The minimum absolute atomic E-state index is 0.141. The van der Waals surface area contributed by atoms with Crippen molar-refractivity contribution >= 4 is 11.9 Å². The Morgan fingerprint density at radius 3 is 2.71 bits per heavy atom. The number of methoxy groups -OCH3 is 1. The first kappa shape index (κ1) is 15.5. The lowest BCUT2D eigenvalue weighted by Gasteiger charge is -2.45. The summed E-state index contributed by atoms with van der Waals surface area (Å²) < 4.78 is 9.86. The Morgan fingerprint density at radius 1 is 1.57 bits per heavy atom. The summed E-state index contributed by atoms with van der Waals surface area (Å²) in [5.74, 6) is -2.94. The number of allylic oxidation sites excluding steroid dienone is 1. The van der Waals surface area contributed by atoms with Crippen molar-refractivity contribution in [2.75, 3.05) is 7.11 Å². The Bertz CT molecular complexity index is 573. The van der Waals surface area contributed by atoms with E-state index in [0.717, 1.165) is 0 Å². The third-order valence-electron chi connectivity index (χ3n) is 4.65. The SMILES string of the molecule is C=C[C@]1(C)C[C@]2(O)OC(=O)C(C)=C2C[C@H]1C(=C)C(=O)OC. The maximum atomic E-state index is 11.8. The number of ether oxygens (including phenoxy) is 2. The molecule has 5 heteroatoms. The molecule has 2 rings (SSSR count). The van der Waals surface area contributed by atoms with Gasteiger partial charge in [0.1, 0.15) is 0 Å². The van der Waals surface area contributed by atoms with Crippen LogP contribution in [0.5, 0.6) is 0 Å². The monoisotopic (exact) mass is 292 g/mol. The lowest BCUT2D eigenvalue weighted by molar-refractivity contribution is -0.198. The number of fused-ring (bicyclic) bond motifs is 1. The predicted molar refractivity (Wildman–Crippen MR) is 75.9 cm³/mol. The Morgan fingerprint density at radius 2 is 2.19 bits per heavy atom. The van der Waals surface area contributed by atoms with Gasteiger partial charge in [0.2, 0.25) is 5.79 Å². The van der Waals surface area contributed by atoms with Crippen molar-refractivity contribution in [1.29, 1.82) is 0 Å². The van der Waals surface area contributed by atoms with E-state index in [4.69, 9.17) is 9.47 Å². The van der Waals surface area contributed by atoms with Gasteiger partial charge in [0, 0.05) is 29.1 Å². The number of esters is 2. The smallest absolute Gasteiger partial charge is 0.336 e. The fourth-order valence-electron chi connectivity index (χ4n) is 3.25. The number of aliphatic hydroxyl groups is 1. The fourth-order valence-corrected chi connectivity index (χ4v) is 3.25. The van der Waals surface area contributed by atoms with E-state index in [0.29, 0.717) is 23.1 Å². The van der Waals surface area contributed by atoms with E-state index in [-0.39, 0.29) is 12.3 Å². The molecule has 0 aromatic heterocycles. The van der Waals surface area contributed by atoms with E-state index >= 15 is 0 Å². The van der Waals surface area contributed by atoms with Gasteiger partial charge in [0.15, 0.2) is 0 Å². The molecule has 1 N–H and O–H groups in total. The van der Waals surface area contributed by atoms with E-state index in [1.807, 2.05) is 6.92 Å². The van der Waals surface area contributed by atoms with Crippen LogP contribution in [0, 0.1) is 11.3 Å². The molecule has 1 heterocycles. The maximum Gasteiger partial charge on any atom is 0.336 e. The zero-order valence-corrected chi connectivity index (χ0v) is 12.6. The molecule has 2 aliphatic rings. The number of rotatable bonds is 3. The summed E-state index contributed by atoms with van der Waals surface area (Å²) in [7, 11) is 1.30. The average molecular weight is 292 g/mol. The first-order valence-corrected chi connectivity index (χ1v) is 6.75. The summed E-state index contributed by atoms with van der Waals surface area (Å²) >= 11 is 0. The zero-order chi connectivity index (χ0) is 16.0. The third kappa shape index (κ3) is 2.21. The van der Waals surface area contributed by atoms with Gasteiger partial charge in [-0.25, -0.2) is 9.59 Å². The Labute approximate surface area is 123 Å². The summed E-state index contributed by atoms with van der Waals surface area (Å²) in [6.07, 6.45) is 2.12. The van der Waals surface area contributed by atoms with Crippen molar-refractivity contribution in [2.45, 2.75) is 32.5 Å². The van der Waals surface area contributed by atoms with Crippen molar-refractivity contribution in [1.82, 2.24) is 0 Å². The van der Waals surface area contributed by atoms with Crippen molar-refractivity contribution in [2.24, 2.45) is 11.3 Å². The van der Waals surface area contributed by atoms with Gasteiger partial charge in [-0.2, -0.15) is 0 Å². The minimum atomic E-state index is -1.61. The van der Waals surface area contributed by atoms with Crippen molar-refractivity contribution in [3.8, 4) is 0 Å². The Hall–Kier alpha value is -1.88. The number of carbonyl (C=O) groups excluding carboxylic acids is 2. The standard InChI is InChI=1S/C16H20O5/c1-6-15(4)8-16(19)12(10(3)14(18)21-16)7-11(15)9(2)13(17)20-5/h6,11,19H,1-2,7-8H2,3-5H3/t11-,15+,16-/m0/s1. The highest BCUT2D eigenvalue weighted by Crippen LogP contribution is 2.54. The predicted octanol–water partition coefficient (Wildman–Crippen LogP) is 1.88. The summed E-state index contributed by atoms with van der Waals surface area (Å²) in [6.45, 7) is 11.1. The first-order valence-electron chi connectivity index (χ1n) is 6.75. The van der Waals surface area contributed by atoms with Gasteiger partial charge in [0.25, 0.3) is 0 Å². The molecule has 0 saturated heterocycles. The summed E-state index contributed by atoms with van der Waals surface area (Å²) in [5.41, 5.74) is 0.587. The molecule has 0 radical (unpaired) electrons. The van der Waals surface area contributed by atoms with E-state index < -0.39 is 23.1 Å². The lowest BCUT2D eigenvalue weighted by Crippen LogP contribution is -2.47. The molecule has 114 valence electrons. The molecule has 0 aromatic rings. The van der Waals surface area contributed by atoms with Crippen molar-refractivity contribution in [3.05, 3.63) is 36.0 Å². The van der Waals surface area contributed by atoms with Gasteiger partial charge < -0.3 is 14.6 Å². The third-order valence-corrected chi connectivity index (χ3v) is 4.65. The largest absolute Gasteiger partial charge is 0.466 e. The second-order valence-electron chi connectivity index (χ2n) is 5.94. The molecule has 0 spiro atoms. The van der Waals surface area contributed by atoms with Gasteiger partial charge >= 0.3 is 11.9 Å². The molecule has 0 aromatic carbocycles. The maximum absolute atomic E-state index is 11.8. The van der Waals surface area contributed by atoms with Gasteiger partial charge in [0.05, 0.1) is 7.11 Å². The highest BCUT2D eigenvalue weighted by atomic mass is 16.7. The second-order valence-corrected chi connectivity index (χ2v) is 5.94. The number of hydrogen-bond donors (Lipinski definition) is 1. The van der Waals surface area contributed by atoms with Crippen LogP contribution in [0.3, 0.4) is 0 Å². The lowest BCUT2D eigenvalue weighted by atomic mass is 9.61. The fraction of sp³-hybridized carbons (Fsp3) is 0.500. The van der Waals surface area contributed by atoms with Crippen LogP contribution >= 0.6 is 0 Å². The molecule has 0 amide bonds. The molecule has 5 nitrogen and oxygen atoms in total. The average Bonchev–Trinajstić information content (AvgIpc) is 2.65. The van der Waals surface area contributed by atoms with Crippen LogP contribution in [-0.2, 0) is 19.1 Å². The van der Waals surface area contributed by atoms with Gasteiger partial charge in [-0.3, -0.25) is 0 Å². The molecule has 0 bridgehead atoms. The molecule has 0 unspecified atom stereocenters. The van der Waals surface area contributed by atoms with Crippen LogP contribution in [0.2, 0.25) is 0 Å². The second kappa shape index (κ2) is 4.84. The van der Waals surface area contributed by atoms with Gasteiger partial charge in [-0.05, 0) is 18.8 Å². The van der Waals surface area contributed by atoms with Gasteiger partial charge in [-0.1, -0.05) is 19.6 Å². The zero-order valence-electron chi connectivity index (χ0n) is 12.6. The normalized spacial score (nSPS) is 35.0. The molecule has 21 heavy (non-hydrogen) atoms. The molecule has 1 aliphatic heterocycles. The highest BCUT2D eigenvalue weighted by Gasteiger charge is 2.56. The first-order chi connectivity index (χ1) is 9.68. The van der Waals surface area contributed by atoms with Crippen LogP contribution in [-0.4, -0.2) is 29.9 Å². The van der Waals surface area contributed by atoms with Crippen LogP contribution < -0.4 is 0 Å². The quantitative estimate of drug-likeness (QED) is 0.488.